The molecular formula is C14H26N4. The van der Waals surface area contributed by atoms with Crippen molar-refractivity contribution in [3.63, 3.8) is 0 Å². The molecule has 0 aliphatic heterocycles. The quantitative estimate of drug-likeness (QED) is 0.842. The van der Waals surface area contributed by atoms with Gasteiger partial charge in [-0.2, -0.15) is 0 Å². The monoisotopic (exact) mass is 250 g/mol. The summed E-state index contributed by atoms with van der Waals surface area (Å²) >= 11 is 0. The van der Waals surface area contributed by atoms with E-state index >= 15 is 0 Å². The number of hydrogen-bond acceptors (Lipinski definition) is 4. The third-order valence-electron chi connectivity index (χ3n) is 3.20. The number of rotatable bonds is 6. The summed E-state index contributed by atoms with van der Waals surface area (Å²) in [6.07, 6.45) is 1.64. The molecule has 4 nitrogen and oxygen atoms in total. The van der Waals surface area contributed by atoms with Crippen molar-refractivity contribution in [3.8, 4) is 0 Å². The molecule has 1 unspecified atom stereocenters. The zero-order chi connectivity index (χ0) is 13.7. The number of anilines is 1. The molecule has 1 aromatic heterocycles. The Hall–Kier alpha value is -1.16. The highest BCUT2D eigenvalue weighted by Gasteiger charge is 2.15. The van der Waals surface area contributed by atoms with Crippen LogP contribution in [0, 0.1) is 5.92 Å². The van der Waals surface area contributed by atoms with Crippen LogP contribution in [0.25, 0.3) is 0 Å². The molecule has 0 aliphatic carbocycles. The van der Waals surface area contributed by atoms with Gasteiger partial charge < -0.3 is 10.2 Å². The maximum atomic E-state index is 4.27. The van der Waals surface area contributed by atoms with Crippen molar-refractivity contribution in [1.82, 2.24) is 14.9 Å². The Morgan fingerprint density at radius 1 is 1.17 bits per heavy atom. The minimum Gasteiger partial charge on any atom is -0.368 e. The van der Waals surface area contributed by atoms with Crippen molar-refractivity contribution in [2.24, 2.45) is 5.92 Å². The molecule has 0 saturated heterocycles. The molecule has 1 N–H and O–H groups in total. The molecule has 18 heavy (non-hydrogen) atoms. The minimum atomic E-state index is 0.434. The van der Waals surface area contributed by atoms with Crippen molar-refractivity contribution in [2.75, 3.05) is 26.0 Å². The van der Waals surface area contributed by atoms with E-state index in [9.17, 15) is 0 Å². The standard InChI is InChI=1S/C14H26N4/c1-10(2)12-7-14(17-9-16-12)15-8-13(11(3)4)18(5)6/h7,9-11,13H,8H2,1-6H3,(H,15,16,17). The molecule has 0 amide bonds. The molecule has 0 radical (unpaired) electrons. The van der Waals surface area contributed by atoms with Gasteiger partial charge in [0.1, 0.15) is 12.1 Å². The van der Waals surface area contributed by atoms with Crippen molar-refractivity contribution in [2.45, 2.75) is 39.7 Å². The molecule has 4 heteroatoms. The van der Waals surface area contributed by atoms with Gasteiger partial charge in [-0.15, -0.1) is 0 Å². The predicted octanol–water partition coefficient (Wildman–Crippen LogP) is 2.60. The van der Waals surface area contributed by atoms with Crippen LogP contribution in [-0.2, 0) is 0 Å². The molecule has 0 saturated carbocycles. The van der Waals surface area contributed by atoms with E-state index in [0.717, 1.165) is 18.1 Å². The van der Waals surface area contributed by atoms with Crippen molar-refractivity contribution < 1.29 is 0 Å². The third kappa shape index (κ3) is 4.26. The Kier molecular flexibility index (Phi) is 5.54. The number of likely N-dealkylation sites (N-methyl/N-ethyl adjacent to an activating group) is 1. The van der Waals surface area contributed by atoms with Crippen LogP contribution >= 0.6 is 0 Å². The van der Waals surface area contributed by atoms with E-state index < -0.39 is 0 Å². The van der Waals surface area contributed by atoms with E-state index in [1.165, 1.54) is 0 Å². The van der Waals surface area contributed by atoms with E-state index in [1.807, 2.05) is 6.07 Å². The number of aromatic nitrogens is 2. The topological polar surface area (TPSA) is 41.0 Å². The summed E-state index contributed by atoms with van der Waals surface area (Å²) in [7, 11) is 4.23. The molecule has 0 aliphatic rings. The summed E-state index contributed by atoms with van der Waals surface area (Å²) in [5, 5.41) is 3.41. The fourth-order valence-corrected chi connectivity index (χ4v) is 2.01. The predicted molar refractivity (Wildman–Crippen MR) is 76.9 cm³/mol. The van der Waals surface area contributed by atoms with Gasteiger partial charge in [-0.3, -0.25) is 0 Å². The normalized spacial score (nSPS) is 13.4. The number of nitrogens with zero attached hydrogens (tertiary/aromatic N) is 3. The van der Waals surface area contributed by atoms with Crippen LogP contribution in [-0.4, -0.2) is 41.5 Å². The van der Waals surface area contributed by atoms with Gasteiger partial charge in [-0.05, 0) is 25.9 Å². The van der Waals surface area contributed by atoms with E-state index in [4.69, 9.17) is 0 Å². The number of nitrogens with one attached hydrogen (secondary N) is 1. The van der Waals surface area contributed by atoms with Gasteiger partial charge in [-0.25, -0.2) is 9.97 Å². The van der Waals surface area contributed by atoms with Crippen molar-refractivity contribution >= 4 is 5.82 Å². The fourth-order valence-electron chi connectivity index (χ4n) is 2.01. The molecule has 0 spiro atoms. The molecule has 1 aromatic rings. The van der Waals surface area contributed by atoms with Crippen LogP contribution in [0.4, 0.5) is 5.82 Å². The zero-order valence-electron chi connectivity index (χ0n) is 12.4. The van der Waals surface area contributed by atoms with Crippen molar-refractivity contribution in [1.29, 1.82) is 0 Å². The van der Waals surface area contributed by atoms with Crippen LogP contribution in [0.15, 0.2) is 12.4 Å². The third-order valence-corrected chi connectivity index (χ3v) is 3.20. The lowest BCUT2D eigenvalue weighted by atomic mass is 10.0. The largest absolute Gasteiger partial charge is 0.368 e. The summed E-state index contributed by atoms with van der Waals surface area (Å²) in [5.41, 5.74) is 1.08. The molecular weight excluding hydrogens is 224 g/mol. The average molecular weight is 250 g/mol. The van der Waals surface area contributed by atoms with E-state index in [2.05, 4.69) is 62.0 Å². The Morgan fingerprint density at radius 3 is 2.33 bits per heavy atom. The summed E-state index contributed by atoms with van der Waals surface area (Å²) in [5.74, 6) is 1.96. The SMILES string of the molecule is CC(C)c1cc(NCC(C(C)C)N(C)C)ncn1. The summed E-state index contributed by atoms with van der Waals surface area (Å²) in [6.45, 7) is 9.67. The maximum Gasteiger partial charge on any atom is 0.129 e. The van der Waals surface area contributed by atoms with Crippen LogP contribution in [0.5, 0.6) is 0 Å². The first-order valence-electron chi connectivity index (χ1n) is 6.64. The van der Waals surface area contributed by atoms with E-state index in [-0.39, 0.29) is 0 Å². The Balaban J connectivity index is 2.65. The highest BCUT2D eigenvalue weighted by Crippen LogP contribution is 2.14. The van der Waals surface area contributed by atoms with Gasteiger partial charge in [-0.1, -0.05) is 27.7 Å². The first-order chi connectivity index (χ1) is 8.41. The highest BCUT2D eigenvalue weighted by molar-refractivity contribution is 5.35. The van der Waals surface area contributed by atoms with Gasteiger partial charge in [0.25, 0.3) is 0 Å². The Bertz CT molecular complexity index is 353. The lowest BCUT2D eigenvalue weighted by Gasteiger charge is -2.28. The maximum absolute atomic E-state index is 4.27. The van der Waals surface area contributed by atoms with Crippen molar-refractivity contribution in [3.05, 3.63) is 18.1 Å². The Labute approximate surface area is 111 Å². The molecule has 1 heterocycles. The fraction of sp³-hybridized carbons (Fsp3) is 0.714. The Morgan fingerprint density at radius 2 is 1.83 bits per heavy atom. The lowest BCUT2D eigenvalue weighted by molar-refractivity contribution is 0.243. The van der Waals surface area contributed by atoms with Gasteiger partial charge in [0.2, 0.25) is 0 Å². The molecule has 0 fully saturated rings. The van der Waals surface area contributed by atoms with Gasteiger partial charge in [0.05, 0.1) is 0 Å². The highest BCUT2D eigenvalue weighted by atomic mass is 15.1. The summed E-state index contributed by atoms with van der Waals surface area (Å²) in [6, 6.07) is 2.54. The molecule has 1 rings (SSSR count). The molecule has 0 aromatic carbocycles. The summed E-state index contributed by atoms with van der Waals surface area (Å²) in [4.78, 5) is 10.8. The molecule has 0 bridgehead atoms. The van der Waals surface area contributed by atoms with Crippen LogP contribution in [0.1, 0.15) is 39.3 Å². The van der Waals surface area contributed by atoms with E-state index in [1.54, 1.807) is 6.33 Å². The lowest BCUT2D eigenvalue weighted by Crippen LogP contribution is -2.38. The van der Waals surface area contributed by atoms with Crippen LogP contribution < -0.4 is 5.32 Å². The summed E-state index contributed by atoms with van der Waals surface area (Å²) < 4.78 is 0. The van der Waals surface area contributed by atoms with Crippen LogP contribution in [0.2, 0.25) is 0 Å². The zero-order valence-corrected chi connectivity index (χ0v) is 12.4. The van der Waals surface area contributed by atoms with Gasteiger partial charge >= 0.3 is 0 Å². The minimum absolute atomic E-state index is 0.434. The number of hydrogen-bond donors (Lipinski definition) is 1. The van der Waals surface area contributed by atoms with Gasteiger partial charge in [0, 0.05) is 24.3 Å². The van der Waals surface area contributed by atoms with E-state index in [0.29, 0.717) is 17.9 Å². The molecule has 102 valence electrons. The molecule has 1 atom stereocenters. The second-order valence-electron chi connectivity index (χ2n) is 5.64. The first-order valence-corrected chi connectivity index (χ1v) is 6.64. The van der Waals surface area contributed by atoms with Gasteiger partial charge in [0.15, 0.2) is 0 Å². The first kappa shape index (κ1) is 14.9. The second kappa shape index (κ2) is 6.69. The second-order valence-corrected chi connectivity index (χ2v) is 5.64. The van der Waals surface area contributed by atoms with Crippen LogP contribution in [0.3, 0.4) is 0 Å². The smallest absolute Gasteiger partial charge is 0.129 e. The average Bonchev–Trinajstić information content (AvgIpc) is 2.28.